The van der Waals surface area contributed by atoms with E-state index in [4.69, 9.17) is 14.2 Å². The molecule has 0 saturated carbocycles. The van der Waals surface area contributed by atoms with Gasteiger partial charge in [0.05, 0.1) is 21.3 Å². The molecule has 0 aliphatic rings. The molecule has 0 saturated heterocycles. The molecule has 1 heterocycles. The number of aryl methyl sites for hydroxylation is 1. The van der Waals surface area contributed by atoms with Crippen molar-refractivity contribution in [3.05, 3.63) is 53.7 Å². The lowest BCUT2D eigenvalue weighted by atomic mass is 10.1. The molecule has 0 fully saturated rings. The summed E-state index contributed by atoms with van der Waals surface area (Å²) in [6, 6.07) is 12.3. The van der Waals surface area contributed by atoms with E-state index < -0.39 is 0 Å². The topological polar surface area (TPSA) is 55.5 Å². The summed E-state index contributed by atoms with van der Waals surface area (Å²) >= 11 is 0. The van der Waals surface area contributed by atoms with Crippen LogP contribution in [0.3, 0.4) is 0 Å². The fourth-order valence-corrected chi connectivity index (χ4v) is 3.27. The summed E-state index contributed by atoms with van der Waals surface area (Å²) in [7, 11) is 4.90. The Balaban J connectivity index is 1.55. The van der Waals surface area contributed by atoms with Crippen LogP contribution in [-0.2, 0) is 13.0 Å². The molecule has 0 aliphatic heterocycles. The summed E-state index contributed by atoms with van der Waals surface area (Å²) in [5.74, 6) is 2.02. The van der Waals surface area contributed by atoms with Crippen molar-refractivity contribution in [3.8, 4) is 17.2 Å². The zero-order valence-electron chi connectivity index (χ0n) is 15.6. The van der Waals surface area contributed by atoms with Crippen LogP contribution in [0.25, 0.3) is 10.9 Å². The summed E-state index contributed by atoms with van der Waals surface area (Å²) in [6.07, 6.45) is 4.22. The van der Waals surface area contributed by atoms with Crippen LogP contribution < -0.4 is 19.5 Å². The van der Waals surface area contributed by atoms with E-state index in [1.54, 1.807) is 21.3 Å². The summed E-state index contributed by atoms with van der Waals surface area (Å²) in [6.45, 7) is 1.65. The molecule has 0 atom stereocenters. The molecular weight excluding hydrogens is 328 g/mol. The molecule has 0 spiro atoms. The molecule has 5 nitrogen and oxygen atoms in total. The second kappa shape index (κ2) is 8.63. The van der Waals surface area contributed by atoms with Gasteiger partial charge in [0.2, 0.25) is 5.75 Å². The number of hydrogen-bond acceptors (Lipinski definition) is 4. The van der Waals surface area contributed by atoms with Gasteiger partial charge in [0.1, 0.15) is 0 Å². The first-order chi connectivity index (χ1) is 12.8. The van der Waals surface area contributed by atoms with Crippen molar-refractivity contribution in [2.75, 3.05) is 27.9 Å². The third-order valence-electron chi connectivity index (χ3n) is 4.58. The lowest BCUT2D eigenvalue weighted by Crippen LogP contribution is -2.16. The van der Waals surface area contributed by atoms with Crippen LogP contribution in [0.4, 0.5) is 0 Å². The summed E-state index contributed by atoms with van der Waals surface area (Å²) < 4.78 is 16.3. The number of H-pyrrole nitrogens is 1. The normalized spacial score (nSPS) is 10.9. The number of para-hydroxylation sites is 1. The lowest BCUT2D eigenvalue weighted by molar-refractivity contribution is 0.321. The molecule has 0 aliphatic carbocycles. The van der Waals surface area contributed by atoms with E-state index >= 15 is 0 Å². The molecule has 3 rings (SSSR count). The molecule has 2 N–H and O–H groups in total. The quantitative estimate of drug-likeness (QED) is 0.572. The van der Waals surface area contributed by atoms with Gasteiger partial charge in [-0.2, -0.15) is 0 Å². The van der Waals surface area contributed by atoms with Gasteiger partial charge < -0.3 is 24.5 Å². The highest BCUT2D eigenvalue weighted by molar-refractivity contribution is 5.82. The maximum Gasteiger partial charge on any atom is 0.203 e. The van der Waals surface area contributed by atoms with Crippen molar-refractivity contribution in [2.24, 2.45) is 0 Å². The Labute approximate surface area is 154 Å². The fourth-order valence-electron chi connectivity index (χ4n) is 3.27. The molecule has 1 aromatic heterocycles. The summed E-state index contributed by atoms with van der Waals surface area (Å²) in [5.41, 5.74) is 3.62. The van der Waals surface area contributed by atoms with Crippen LogP contribution in [0.2, 0.25) is 0 Å². The first-order valence-electron chi connectivity index (χ1n) is 8.82. The van der Waals surface area contributed by atoms with Crippen LogP contribution in [0.15, 0.2) is 42.6 Å². The average Bonchev–Trinajstić information content (AvgIpc) is 3.10. The monoisotopic (exact) mass is 354 g/mol. The third-order valence-corrected chi connectivity index (χ3v) is 4.58. The number of aromatic nitrogens is 1. The number of rotatable bonds is 9. The minimum Gasteiger partial charge on any atom is -0.493 e. The Morgan fingerprint density at radius 3 is 2.46 bits per heavy atom. The van der Waals surface area contributed by atoms with Crippen molar-refractivity contribution in [1.29, 1.82) is 0 Å². The van der Waals surface area contributed by atoms with Crippen LogP contribution in [-0.4, -0.2) is 32.9 Å². The number of fused-ring (bicyclic) bond motifs is 1. The number of ether oxygens (including phenoxy) is 3. The van der Waals surface area contributed by atoms with E-state index in [-0.39, 0.29) is 0 Å². The van der Waals surface area contributed by atoms with Crippen LogP contribution in [0, 0.1) is 0 Å². The predicted octanol–water partition coefficient (Wildman–Crippen LogP) is 3.92. The van der Waals surface area contributed by atoms with Gasteiger partial charge in [-0.05, 0) is 37.1 Å². The molecule has 0 bridgehead atoms. The van der Waals surface area contributed by atoms with Gasteiger partial charge in [0, 0.05) is 29.2 Å². The SMILES string of the molecule is COc1ccc(CNCCCc2c[nH]c3ccccc23)c(OC)c1OC. The van der Waals surface area contributed by atoms with E-state index in [1.165, 1.54) is 16.5 Å². The Hall–Kier alpha value is -2.66. The second-order valence-corrected chi connectivity index (χ2v) is 6.13. The number of nitrogens with one attached hydrogen (secondary N) is 2. The van der Waals surface area contributed by atoms with Crippen LogP contribution in [0.5, 0.6) is 17.2 Å². The van der Waals surface area contributed by atoms with Gasteiger partial charge >= 0.3 is 0 Å². The maximum atomic E-state index is 5.52. The maximum absolute atomic E-state index is 5.52. The fraction of sp³-hybridized carbons (Fsp3) is 0.333. The van der Waals surface area contributed by atoms with Crippen molar-refractivity contribution >= 4 is 10.9 Å². The highest BCUT2D eigenvalue weighted by atomic mass is 16.5. The smallest absolute Gasteiger partial charge is 0.203 e. The van der Waals surface area contributed by atoms with Crippen LogP contribution >= 0.6 is 0 Å². The zero-order chi connectivity index (χ0) is 18.4. The molecule has 26 heavy (non-hydrogen) atoms. The standard InChI is InChI=1S/C21H26N2O3/c1-24-19-11-10-16(20(25-2)21(19)26-3)13-22-12-6-7-15-14-23-18-9-5-4-8-17(15)18/h4-5,8-11,14,22-23H,6-7,12-13H2,1-3H3. The molecule has 138 valence electrons. The molecule has 2 aromatic carbocycles. The van der Waals surface area contributed by atoms with Gasteiger partial charge in [0.25, 0.3) is 0 Å². The second-order valence-electron chi connectivity index (χ2n) is 6.13. The number of aromatic amines is 1. The highest BCUT2D eigenvalue weighted by Gasteiger charge is 2.15. The van der Waals surface area contributed by atoms with Gasteiger partial charge in [-0.25, -0.2) is 0 Å². The van der Waals surface area contributed by atoms with Crippen molar-refractivity contribution in [2.45, 2.75) is 19.4 Å². The summed E-state index contributed by atoms with van der Waals surface area (Å²) in [4.78, 5) is 3.33. The van der Waals surface area contributed by atoms with Gasteiger partial charge in [-0.15, -0.1) is 0 Å². The van der Waals surface area contributed by atoms with Crippen molar-refractivity contribution < 1.29 is 14.2 Å². The highest BCUT2D eigenvalue weighted by Crippen LogP contribution is 2.39. The minimum absolute atomic E-state index is 0.632. The van der Waals surface area contributed by atoms with E-state index in [2.05, 4.69) is 40.8 Å². The van der Waals surface area contributed by atoms with E-state index in [0.717, 1.165) is 37.2 Å². The Bertz CT molecular complexity index is 858. The third kappa shape index (κ3) is 3.78. The molecule has 0 radical (unpaired) electrons. The largest absolute Gasteiger partial charge is 0.493 e. The summed E-state index contributed by atoms with van der Waals surface area (Å²) in [5, 5.41) is 4.80. The number of hydrogen-bond donors (Lipinski definition) is 2. The van der Waals surface area contributed by atoms with E-state index in [9.17, 15) is 0 Å². The lowest BCUT2D eigenvalue weighted by Gasteiger charge is -2.16. The Kier molecular flexibility index (Phi) is 6.02. The molecular formula is C21H26N2O3. The van der Waals surface area contributed by atoms with E-state index in [1.807, 2.05) is 12.1 Å². The minimum atomic E-state index is 0.632. The van der Waals surface area contributed by atoms with Gasteiger partial charge in [-0.1, -0.05) is 24.3 Å². The molecule has 3 aromatic rings. The molecule has 0 unspecified atom stereocenters. The first kappa shape index (κ1) is 18.1. The number of methoxy groups -OCH3 is 3. The molecule has 5 heteroatoms. The van der Waals surface area contributed by atoms with Gasteiger partial charge in [-0.3, -0.25) is 0 Å². The van der Waals surface area contributed by atoms with Crippen molar-refractivity contribution in [3.63, 3.8) is 0 Å². The first-order valence-corrected chi connectivity index (χ1v) is 8.82. The van der Waals surface area contributed by atoms with Gasteiger partial charge in [0.15, 0.2) is 11.5 Å². The van der Waals surface area contributed by atoms with E-state index in [0.29, 0.717) is 11.5 Å². The number of benzene rings is 2. The Morgan fingerprint density at radius 1 is 0.885 bits per heavy atom. The molecule has 0 amide bonds. The Morgan fingerprint density at radius 2 is 1.69 bits per heavy atom. The average molecular weight is 354 g/mol. The van der Waals surface area contributed by atoms with Crippen molar-refractivity contribution in [1.82, 2.24) is 10.3 Å². The zero-order valence-corrected chi connectivity index (χ0v) is 15.6. The predicted molar refractivity (Wildman–Crippen MR) is 104 cm³/mol. The van der Waals surface area contributed by atoms with Crippen LogP contribution in [0.1, 0.15) is 17.5 Å².